The summed E-state index contributed by atoms with van der Waals surface area (Å²) in [6.07, 6.45) is 4.54. The van der Waals surface area contributed by atoms with E-state index in [1.807, 2.05) is 23.2 Å². The van der Waals surface area contributed by atoms with E-state index < -0.39 is 0 Å². The summed E-state index contributed by atoms with van der Waals surface area (Å²) >= 11 is 0. The Labute approximate surface area is 204 Å². The van der Waals surface area contributed by atoms with Crippen LogP contribution in [-0.2, 0) is 6.54 Å². The Morgan fingerprint density at radius 3 is 2.74 bits per heavy atom. The molecule has 0 atom stereocenters. The number of amides is 1. The number of halogens is 1. The molecule has 0 bridgehead atoms. The highest BCUT2D eigenvalue weighted by Crippen LogP contribution is 2.27. The predicted octanol–water partition coefficient (Wildman–Crippen LogP) is 5.14. The van der Waals surface area contributed by atoms with E-state index in [9.17, 15) is 4.79 Å². The molecule has 1 aliphatic heterocycles. The Hall–Kier alpha value is -3.66. The van der Waals surface area contributed by atoms with Gasteiger partial charge in [0.25, 0.3) is 5.91 Å². The summed E-state index contributed by atoms with van der Waals surface area (Å²) < 4.78 is 6.10. The average molecular weight is 473 g/mol. The highest BCUT2D eigenvalue weighted by molar-refractivity contribution is 5.94. The molecule has 4 aromatic rings. The van der Waals surface area contributed by atoms with E-state index in [4.69, 9.17) is 9.68 Å². The van der Waals surface area contributed by atoms with Crippen molar-refractivity contribution in [3.05, 3.63) is 89.9 Å². The third-order valence-corrected chi connectivity index (χ3v) is 6.06. The van der Waals surface area contributed by atoms with Gasteiger partial charge in [0.1, 0.15) is 11.3 Å². The summed E-state index contributed by atoms with van der Waals surface area (Å²) in [5, 5.41) is 10.2. The summed E-state index contributed by atoms with van der Waals surface area (Å²) in [7, 11) is 0. The molecule has 34 heavy (non-hydrogen) atoms. The van der Waals surface area contributed by atoms with Crippen molar-refractivity contribution >= 4 is 29.3 Å². The summed E-state index contributed by atoms with van der Waals surface area (Å²) in [5.74, 6) is 0.912. The fourth-order valence-electron chi connectivity index (χ4n) is 4.35. The van der Waals surface area contributed by atoms with Gasteiger partial charge in [-0.2, -0.15) is 5.26 Å². The molecule has 0 N–H and O–H groups in total. The molecule has 0 unspecified atom stereocenters. The molecule has 172 valence electrons. The van der Waals surface area contributed by atoms with E-state index in [2.05, 4.69) is 40.2 Å². The number of furan rings is 1. The van der Waals surface area contributed by atoms with Crippen LogP contribution in [0.3, 0.4) is 0 Å². The first-order chi connectivity index (χ1) is 16.2. The lowest BCUT2D eigenvalue weighted by molar-refractivity contribution is 0.0761. The van der Waals surface area contributed by atoms with Crippen molar-refractivity contribution in [2.45, 2.75) is 13.0 Å². The van der Waals surface area contributed by atoms with Crippen molar-refractivity contribution in [3.63, 3.8) is 0 Å². The van der Waals surface area contributed by atoms with E-state index in [0.717, 1.165) is 47.4 Å². The zero-order valence-corrected chi connectivity index (χ0v) is 19.5. The Bertz CT molecular complexity index is 1330. The van der Waals surface area contributed by atoms with Gasteiger partial charge in [0, 0.05) is 55.1 Å². The first-order valence-electron chi connectivity index (χ1n) is 11.1. The van der Waals surface area contributed by atoms with Gasteiger partial charge in [-0.25, -0.2) is 0 Å². The van der Waals surface area contributed by atoms with Gasteiger partial charge in [-0.1, -0.05) is 18.2 Å². The fourth-order valence-corrected chi connectivity index (χ4v) is 4.35. The predicted molar refractivity (Wildman–Crippen MR) is 134 cm³/mol. The zero-order valence-electron chi connectivity index (χ0n) is 18.7. The van der Waals surface area contributed by atoms with Crippen LogP contribution in [0.4, 0.5) is 0 Å². The number of fused-ring (bicyclic) bond motifs is 1. The average Bonchev–Trinajstić information content (AvgIpc) is 3.12. The van der Waals surface area contributed by atoms with Crippen molar-refractivity contribution in [1.29, 1.82) is 5.26 Å². The lowest BCUT2D eigenvalue weighted by Gasteiger charge is -2.21. The molecule has 1 aliphatic rings. The third-order valence-electron chi connectivity index (χ3n) is 6.06. The molecule has 2 aromatic carbocycles. The van der Waals surface area contributed by atoms with Crippen LogP contribution in [0, 0.1) is 11.3 Å². The molecule has 0 saturated carbocycles. The van der Waals surface area contributed by atoms with Crippen molar-refractivity contribution < 1.29 is 9.21 Å². The quantitative estimate of drug-likeness (QED) is 0.411. The molecular weight excluding hydrogens is 448 g/mol. The number of carbonyl (C=O) groups excluding carboxylic acids is 1. The van der Waals surface area contributed by atoms with Gasteiger partial charge in [0.05, 0.1) is 18.2 Å². The molecule has 0 spiro atoms. The number of nitrogens with zero attached hydrogens (tertiary/aromatic N) is 4. The van der Waals surface area contributed by atoms with E-state index in [1.54, 1.807) is 30.5 Å². The molecule has 6 nitrogen and oxygen atoms in total. The largest absolute Gasteiger partial charge is 0.460 e. The van der Waals surface area contributed by atoms with Crippen LogP contribution < -0.4 is 0 Å². The Morgan fingerprint density at radius 1 is 1.00 bits per heavy atom. The van der Waals surface area contributed by atoms with E-state index in [1.165, 1.54) is 0 Å². The second-order valence-electron chi connectivity index (χ2n) is 8.32. The second kappa shape index (κ2) is 10.5. The normalized spacial score (nSPS) is 14.3. The minimum Gasteiger partial charge on any atom is -0.460 e. The smallest absolute Gasteiger partial charge is 0.253 e. The maximum Gasteiger partial charge on any atom is 0.253 e. The van der Waals surface area contributed by atoms with Gasteiger partial charge in [0.15, 0.2) is 0 Å². The highest BCUT2D eigenvalue weighted by atomic mass is 35.5. The summed E-state index contributed by atoms with van der Waals surface area (Å²) in [4.78, 5) is 21.3. The van der Waals surface area contributed by atoms with Crippen molar-refractivity contribution in [1.82, 2.24) is 14.8 Å². The number of carbonyl (C=O) groups is 1. The zero-order chi connectivity index (χ0) is 22.6. The SMILES string of the molecule is Cl.N#Cc1cccc(C(=O)N2CCCN(Cc3cc4cc(-c5cccnc5)ccc4o3)CC2)c1. The van der Waals surface area contributed by atoms with Crippen molar-refractivity contribution in [3.8, 4) is 17.2 Å². The monoisotopic (exact) mass is 472 g/mol. The maximum absolute atomic E-state index is 12.9. The summed E-state index contributed by atoms with van der Waals surface area (Å²) in [6, 6.07) is 21.3. The Balaban J connectivity index is 0.00000274. The van der Waals surface area contributed by atoms with Gasteiger partial charge in [-0.3, -0.25) is 14.7 Å². The first kappa shape index (κ1) is 23.5. The fraction of sp³-hybridized carbons (Fsp3) is 0.222. The lowest BCUT2D eigenvalue weighted by Crippen LogP contribution is -2.35. The number of aromatic nitrogens is 1. The van der Waals surface area contributed by atoms with Crippen molar-refractivity contribution in [2.24, 2.45) is 0 Å². The number of hydrogen-bond acceptors (Lipinski definition) is 5. The topological polar surface area (TPSA) is 73.4 Å². The van der Waals surface area contributed by atoms with Gasteiger partial charge in [-0.05, 0) is 54.4 Å². The van der Waals surface area contributed by atoms with E-state index in [0.29, 0.717) is 30.8 Å². The third kappa shape index (κ3) is 5.12. The molecule has 1 saturated heterocycles. The maximum atomic E-state index is 12.9. The lowest BCUT2D eigenvalue weighted by atomic mass is 10.1. The Kier molecular flexibility index (Phi) is 7.27. The number of nitriles is 1. The van der Waals surface area contributed by atoms with Crippen LogP contribution in [-0.4, -0.2) is 46.9 Å². The molecule has 1 amide bonds. The minimum atomic E-state index is -0.0133. The Morgan fingerprint density at radius 2 is 1.91 bits per heavy atom. The standard InChI is InChI=1S/C27H24N4O2.ClH/c28-17-20-4-1-5-22(14-20)27(32)31-11-3-10-30(12-13-31)19-25-16-24-15-21(7-8-26(24)33-25)23-6-2-9-29-18-23;/h1-2,4-9,14-16,18H,3,10-13,19H2;1H. The molecule has 0 radical (unpaired) electrons. The highest BCUT2D eigenvalue weighted by Gasteiger charge is 2.21. The molecule has 1 fully saturated rings. The van der Waals surface area contributed by atoms with Crippen LogP contribution in [0.15, 0.2) is 77.5 Å². The van der Waals surface area contributed by atoms with Crippen LogP contribution >= 0.6 is 12.4 Å². The molecular formula is C27H25ClN4O2. The van der Waals surface area contributed by atoms with Crippen LogP contribution in [0.25, 0.3) is 22.1 Å². The van der Waals surface area contributed by atoms with Gasteiger partial charge in [-0.15, -0.1) is 12.4 Å². The molecule has 0 aliphatic carbocycles. The molecule has 2 aromatic heterocycles. The number of rotatable bonds is 4. The van der Waals surface area contributed by atoms with Gasteiger partial charge >= 0.3 is 0 Å². The van der Waals surface area contributed by atoms with Crippen LogP contribution in [0.1, 0.15) is 28.1 Å². The van der Waals surface area contributed by atoms with Crippen LogP contribution in [0.2, 0.25) is 0 Å². The number of benzene rings is 2. The number of pyridine rings is 1. The first-order valence-corrected chi connectivity index (χ1v) is 11.1. The van der Waals surface area contributed by atoms with Crippen LogP contribution in [0.5, 0.6) is 0 Å². The molecule has 7 heteroatoms. The van der Waals surface area contributed by atoms with Gasteiger partial charge < -0.3 is 9.32 Å². The van der Waals surface area contributed by atoms with E-state index >= 15 is 0 Å². The van der Waals surface area contributed by atoms with E-state index in [-0.39, 0.29) is 18.3 Å². The minimum absolute atomic E-state index is 0. The molecule has 3 heterocycles. The summed E-state index contributed by atoms with van der Waals surface area (Å²) in [6.45, 7) is 3.76. The second-order valence-corrected chi connectivity index (χ2v) is 8.32. The number of hydrogen-bond donors (Lipinski definition) is 0. The van der Waals surface area contributed by atoms with Crippen molar-refractivity contribution in [2.75, 3.05) is 26.2 Å². The molecule has 5 rings (SSSR count). The summed E-state index contributed by atoms with van der Waals surface area (Å²) in [5.41, 5.74) is 4.16. The van der Waals surface area contributed by atoms with Gasteiger partial charge in [0.2, 0.25) is 0 Å².